The molecule has 178 valence electrons. The Hall–Kier alpha value is -4.26. The molecule has 2 aliphatic heterocycles. The summed E-state index contributed by atoms with van der Waals surface area (Å²) in [6.07, 6.45) is -1.09. The third-order valence-electron chi connectivity index (χ3n) is 7.01. The highest BCUT2D eigenvalue weighted by Crippen LogP contribution is 2.68. The van der Waals surface area contributed by atoms with Crippen molar-refractivity contribution in [3.8, 4) is 35.5 Å². The number of hydrogen-bond donors (Lipinski definition) is 1. The second-order valence-corrected chi connectivity index (χ2v) is 8.58. The molecule has 0 aliphatic carbocycles. The summed E-state index contributed by atoms with van der Waals surface area (Å²) in [5, 5.41) is 40.4. The maximum atomic E-state index is 10.6. The zero-order chi connectivity index (χ0) is 25.4. The van der Waals surface area contributed by atoms with Crippen molar-refractivity contribution in [2.75, 3.05) is 21.3 Å². The van der Waals surface area contributed by atoms with Crippen LogP contribution in [0.1, 0.15) is 24.2 Å². The highest BCUT2D eigenvalue weighted by molar-refractivity contribution is 5.89. The molecule has 2 bridgehead atoms. The van der Waals surface area contributed by atoms with E-state index in [1.165, 1.54) is 21.3 Å². The van der Waals surface area contributed by atoms with E-state index in [1.807, 2.05) is 30.3 Å². The van der Waals surface area contributed by atoms with Crippen LogP contribution in [-0.2, 0) is 15.9 Å². The minimum Gasteiger partial charge on any atom is -0.496 e. The first-order chi connectivity index (χ1) is 16.8. The predicted molar refractivity (Wildman–Crippen MR) is 122 cm³/mol. The average Bonchev–Trinajstić information content (AvgIpc) is 3.04. The first-order valence-electron chi connectivity index (χ1n) is 10.8. The molecule has 2 aromatic rings. The molecule has 9 heteroatoms. The van der Waals surface area contributed by atoms with Crippen LogP contribution < -0.4 is 14.2 Å². The number of rotatable bonds is 6. The number of nitrogens with zero attached hydrogens (tertiary/aromatic N) is 3. The molecule has 0 aromatic heterocycles. The van der Waals surface area contributed by atoms with Crippen LogP contribution in [0.2, 0.25) is 0 Å². The summed E-state index contributed by atoms with van der Waals surface area (Å²) < 4.78 is 28.8. The molecule has 0 spiro atoms. The number of hydrogen-bond acceptors (Lipinski definition) is 9. The van der Waals surface area contributed by atoms with Crippen LogP contribution in [0.15, 0.2) is 42.5 Å². The Bertz CT molecular complexity index is 1250. The van der Waals surface area contributed by atoms with Crippen LogP contribution in [-0.4, -0.2) is 33.0 Å². The number of methoxy groups -OCH3 is 3. The van der Waals surface area contributed by atoms with Gasteiger partial charge in [0.15, 0.2) is 5.41 Å². The first kappa shape index (κ1) is 23.9. The molecule has 9 nitrogen and oxygen atoms in total. The zero-order valence-electron chi connectivity index (χ0n) is 19.8. The molecular weight excluding hydrogens is 448 g/mol. The lowest BCUT2D eigenvalue weighted by molar-refractivity contribution is -0.272. The molecule has 2 aromatic carbocycles. The number of nitriles is 3. The molecule has 35 heavy (non-hydrogen) atoms. The molecule has 4 rings (SSSR count). The molecule has 0 radical (unpaired) electrons. The molecule has 0 amide bonds. The molecule has 2 fully saturated rings. The van der Waals surface area contributed by atoms with Crippen LogP contribution in [0.3, 0.4) is 0 Å². The predicted octanol–water partition coefficient (Wildman–Crippen LogP) is 3.91. The standard InChI is InChI=1S/C26H24N4O5/c1-24-20(10-16-8-6-5-7-9-16)26(15-29,23(30)35-24)25(13-27,14-28)22(34-24)21-18(32-3)11-17(31-2)12-19(21)33-4/h5-9,11-12,20,22,30H,10H2,1-4H3. The molecular formula is C26H24N4O5. The van der Waals surface area contributed by atoms with E-state index in [0.717, 1.165) is 5.56 Å². The molecule has 2 saturated heterocycles. The Balaban J connectivity index is 2.01. The van der Waals surface area contributed by atoms with E-state index >= 15 is 0 Å². The van der Waals surface area contributed by atoms with Crippen LogP contribution in [0.25, 0.3) is 0 Å². The van der Waals surface area contributed by atoms with Crippen molar-refractivity contribution in [3.63, 3.8) is 0 Å². The zero-order valence-corrected chi connectivity index (χ0v) is 19.8. The quantitative estimate of drug-likeness (QED) is 0.667. The van der Waals surface area contributed by atoms with Gasteiger partial charge in [0, 0.05) is 19.1 Å². The fourth-order valence-electron chi connectivity index (χ4n) is 5.29. The van der Waals surface area contributed by atoms with Crippen LogP contribution in [0, 0.1) is 56.2 Å². The van der Waals surface area contributed by atoms with E-state index < -0.39 is 34.5 Å². The minimum atomic E-state index is -2.16. The van der Waals surface area contributed by atoms with Crippen molar-refractivity contribution in [3.05, 3.63) is 53.6 Å². The van der Waals surface area contributed by atoms with Crippen molar-refractivity contribution in [2.45, 2.75) is 25.2 Å². The highest BCUT2D eigenvalue weighted by atomic mass is 16.7. The summed E-state index contributed by atoms with van der Waals surface area (Å²) in [6, 6.07) is 18.8. The van der Waals surface area contributed by atoms with Gasteiger partial charge in [0.25, 0.3) is 0 Å². The average molecular weight is 473 g/mol. The van der Waals surface area contributed by atoms with Gasteiger partial charge in [0.05, 0.1) is 51.0 Å². The lowest BCUT2D eigenvalue weighted by atomic mass is 9.52. The lowest BCUT2D eigenvalue weighted by Crippen LogP contribution is -2.59. The Kier molecular flexibility index (Phi) is 5.80. The highest BCUT2D eigenvalue weighted by Gasteiger charge is 2.79. The fraction of sp³-hybridized carbons (Fsp3) is 0.385. The number of ether oxygens (including phenoxy) is 5. The van der Waals surface area contributed by atoms with Crippen molar-refractivity contribution in [1.82, 2.24) is 0 Å². The maximum Gasteiger partial charge on any atom is 0.215 e. The van der Waals surface area contributed by atoms with E-state index in [1.54, 1.807) is 19.1 Å². The van der Waals surface area contributed by atoms with Crippen LogP contribution in [0.5, 0.6) is 17.2 Å². The van der Waals surface area contributed by atoms with Crippen molar-refractivity contribution in [2.24, 2.45) is 16.7 Å². The summed E-state index contributed by atoms with van der Waals surface area (Å²) in [7, 11) is 4.33. The molecule has 2 aliphatic rings. The largest absolute Gasteiger partial charge is 0.496 e. The minimum absolute atomic E-state index is 0.241. The molecule has 0 saturated carbocycles. The topological polar surface area (TPSA) is 141 Å². The van der Waals surface area contributed by atoms with Crippen LogP contribution >= 0.6 is 0 Å². The number of benzene rings is 2. The van der Waals surface area contributed by atoms with Gasteiger partial charge in [-0.1, -0.05) is 30.3 Å². The van der Waals surface area contributed by atoms with E-state index in [0.29, 0.717) is 5.75 Å². The SMILES string of the molecule is COc1cc(OC)c(C2OC3(C)OC(=N)C(C#N)(C3Cc3ccccc3)C2(C#N)C#N)c(OC)c1. The van der Waals surface area contributed by atoms with Gasteiger partial charge >= 0.3 is 0 Å². The molecule has 4 unspecified atom stereocenters. The second-order valence-electron chi connectivity index (χ2n) is 8.58. The Labute approximate surface area is 203 Å². The summed E-state index contributed by atoms with van der Waals surface area (Å²) in [5.41, 5.74) is -2.99. The van der Waals surface area contributed by atoms with Gasteiger partial charge in [0.1, 0.15) is 23.4 Å². The van der Waals surface area contributed by atoms with E-state index in [2.05, 4.69) is 18.2 Å². The van der Waals surface area contributed by atoms with Crippen LogP contribution in [0.4, 0.5) is 0 Å². The number of nitrogens with one attached hydrogen (secondary N) is 1. The summed E-state index contributed by atoms with van der Waals surface area (Å²) in [4.78, 5) is 0. The van der Waals surface area contributed by atoms with Crippen molar-refractivity contribution < 1.29 is 23.7 Å². The third kappa shape index (κ3) is 3.11. The Morgan fingerprint density at radius 2 is 1.54 bits per heavy atom. The molecule has 4 atom stereocenters. The van der Waals surface area contributed by atoms with Gasteiger partial charge in [-0.05, 0) is 12.0 Å². The van der Waals surface area contributed by atoms with Gasteiger partial charge in [-0.15, -0.1) is 0 Å². The third-order valence-corrected chi connectivity index (χ3v) is 7.01. The summed E-state index contributed by atoms with van der Waals surface area (Å²) >= 11 is 0. The Morgan fingerprint density at radius 1 is 0.943 bits per heavy atom. The van der Waals surface area contributed by atoms with E-state index in [9.17, 15) is 15.8 Å². The summed E-state index contributed by atoms with van der Waals surface area (Å²) in [6.45, 7) is 1.63. The smallest absolute Gasteiger partial charge is 0.215 e. The Morgan fingerprint density at radius 3 is 2.03 bits per heavy atom. The summed E-state index contributed by atoms with van der Waals surface area (Å²) in [5.74, 6) is -1.87. The van der Waals surface area contributed by atoms with Gasteiger partial charge in [0.2, 0.25) is 17.1 Å². The lowest BCUT2D eigenvalue weighted by Gasteiger charge is -2.49. The first-order valence-corrected chi connectivity index (χ1v) is 10.8. The molecule has 1 N–H and O–H groups in total. The van der Waals surface area contributed by atoms with Gasteiger partial charge in [-0.2, -0.15) is 15.8 Å². The normalized spacial score (nSPS) is 28.1. The maximum absolute atomic E-state index is 10.6. The van der Waals surface area contributed by atoms with Crippen molar-refractivity contribution in [1.29, 1.82) is 21.2 Å². The van der Waals surface area contributed by atoms with E-state index in [4.69, 9.17) is 29.1 Å². The molecule has 2 heterocycles. The van der Waals surface area contributed by atoms with Gasteiger partial charge in [-0.25, -0.2) is 0 Å². The monoisotopic (exact) mass is 472 g/mol. The number of fused-ring (bicyclic) bond motifs is 2. The van der Waals surface area contributed by atoms with Gasteiger partial charge < -0.3 is 23.7 Å². The van der Waals surface area contributed by atoms with Gasteiger partial charge in [-0.3, -0.25) is 5.41 Å². The second kappa shape index (κ2) is 8.51. The fourth-order valence-corrected chi connectivity index (χ4v) is 5.29. The van der Waals surface area contributed by atoms with Crippen molar-refractivity contribution >= 4 is 5.90 Å². The van der Waals surface area contributed by atoms with E-state index in [-0.39, 0.29) is 23.5 Å².